The second-order valence-corrected chi connectivity index (χ2v) is 5.62. The Hall–Kier alpha value is -0.670. The van der Waals surface area contributed by atoms with Crippen LogP contribution < -0.4 is 0 Å². The highest BCUT2D eigenvalue weighted by atomic mass is 16.7. The minimum Gasteiger partial charge on any atom is -0.353 e. The van der Waals surface area contributed by atoms with Crippen LogP contribution in [0.1, 0.15) is 46.0 Å². The average molecular weight is 238 g/mol. The predicted octanol–water partition coefficient (Wildman–Crippen LogP) is 2.84. The van der Waals surface area contributed by atoms with E-state index in [4.69, 9.17) is 9.47 Å². The first kappa shape index (κ1) is 12.8. The van der Waals surface area contributed by atoms with Gasteiger partial charge in [-0.05, 0) is 37.7 Å². The summed E-state index contributed by atoms with van der Waals surface area (Å²) >= 11 is 0. The molecule has 0 aromatic carbocycles. The summed E-state index contributed by atoms with van der Waals surface area (Å²) in [7, 11) is 0. The SMILES string of the molecule is CC1(C)C=C(C=O)CC[C@@H]1OC1CCCCO1. The lowest BCUT2D eigenvalue weighted by Gasteiger charge is -2.38. The van der Waals surface area contributed by atoms with Gasteiger partial charge in [-0.15, -0.1) is 0 Å². The van der Waals surface area contributed by atoms with Gasteiger partial charge in [0, 0.05) is 12.0 Å². The first-order valence-corrected chi connectivity index (χ1v) is 6.56. The van der Waals surface area contributed by atoms with Crippen LogP contribution >= 0.6 is 0 Å². The number of hydrogen-bond donors (Lipinski definition) is 0. The summed E-state index contributed by atoms with van der Waals surface area (Å²) < 4.78 is 11.7. The van der Waals surface area contributed by atoms with Gasteiger partial charge in [-0.25, -0.2) is 0 Å². The maximum Gasteiger partial charge on any atom is 0.157 e. The molecule has 1 heterocycles. The van der Waals surface area contributed by atoms with Crippen LogP contribution in [0.5, 0.6) is 0 Å². The van der Waals surface area contributed by atoms with Crippen molar-refractivity contribution >= 4 is 6.29 Å². The van der Waals surface area contributed by atoms with E-state index < -0.39 is 0 Å². The van der Waals surface area contributed by atoms with Crippen LogP contribution in [0.15, 0.2) is 11.6 Å². The van der Waals surface area contributed by atoms with E-state index in [0.717, 1.165) is 44.1 Å². The van der Waals surface area contributed by atoms with Crippen LogP contribution in [-0.4, -0.2) is 25.3 Å². The van der Waals surface area contributed by atoms with E-state index in [-0.39, 0.29) is 17.8 Å². The molecule has 1 saturated heterocycles. The molecule has 1 aliphatic heterocycles. The molecule has 1 aliphatic carbocycles. The molecule has 0 bridgehead atoms. The highest BCUT2D eigenvalue weighted by Gasteiger charge is 2.34. The molecular weight excluding hydrogens is 216 g/mol. The molecule has 3 heteroatoms. The predicted molar refractivity (Wildman–Crippen MR) is 65.6 cm³/mol. The number of hydrogen-bond acceptors (Lipinski definition) is 3. The monoisotopic (exact) mass is 238 g/mol. The number of carbonyl (C=O) groups is 1. The molecule has 0 aromatic heterocycles. The van der Waals surface area contributed by atoms with E-state index >= 15 is 0 Å². The van der Waals surface area contributed by atoms with Crippen LogP contribution in [0.4, 0.5) is 0 Å². The van der Waals surface area contributed by atoms with Crippen molar-refractivity contribution in [3.8, 4) is 0 Å². The molecule has 2 rings (SSSR count). The van der Waals surface area contributed by atoms with E-state index in [1.807, 2.05) is 0 Å². The minimum absolute atomic E-state index is 0.0424. The number of allylic oxidation sites excluding steroid dienone is 1. The van der Waals surface area contributed by atoms with Crippen molar-refractivity contribution in [1.29, 1.82) is 0 Å². The molecule has 0 saturated carbocycles. The molecular formula is C14H22O3. The van der Waals surface area contributed by atoms with Crippen LogP contribution in [0.25, 0.3) is 0 Å². The Morgan fingerprint density at radius 2 is 2.24 bits per heavy atom. The van der Waals surface area contributed by atoms with E-state index in [0.29, 0.717) is 0 Å². The normalized spacial score (nSPS) is 32.9. The summed E-state index contributed by atoms with van der Waals surface area (Å²) in [6.07, 6.45) is 8.20. The van der Waals surface area contributed by atoms with Crippen molar-refractivity contribution in [3.05, 3.63) is 11.6 Å². The molecule has 0 radical (unpaired) electrons. The van der Waals surface area contributed by atoms with Gasteiger partial charge >= 0.3 is 0 Å². The number of carbonyl (C=O) groups excluding carboxylic acids is 1. The maximum absolute atomic E-state index is 10.8. The molecule has 2 aliphatic rings. The lowest BCUT2D eigenvalue weighted by Crippen LogP contribution is -2.38. The standard InChI is InChI=1S/C14H22O3/c1-14(2)9-11(10-15)6-7-12(14)17-13-5-3-4-8-16-13/h9-10,12-13H,3-8H2,1-2H3/t12-,13?/m0/s1. The number of aldehydes is 1. The Morgan fingerprint density at radius 3 is 2.82 bits per heavy atom. The van der Waals surface area contributed by atoms with Crippen molar-refractivity contribution in [3.63, 3.8) is 0 Å². The van der Waals surface area contributed by atoms with Gasteiger partial charge in [0.05, 0.1) is 6.10 Å². The molecule has 1 fully saturated rings. The van der Waals surface area contributed by atoms with Crippen LogP contribution in [-0.2, 0) is 14.3 Å². The summed E-state index contributed by atoms with van der Waals surface area (Å²) in [5.74, 6) is 0. The first-order valence-electron chi connectivity index (χ1n) is 6.56. The first-order chi connectivity index (χ1) is 8.12. The summed E-state index contributed by atoms with van der Waals surface area (Å²) in [6.45, 7) is 5.07. The Labute approximate surface area is 103 Å². The third-order valence-electron chi connectivity index (χ3n) is 3.69. The minimum atomic E-state index is -0.0741. The van der Waals surface area contributed by atoms with E-state index in [1.165, 1.54) is 6.42 Å². The van der Waals surface area contributed by atoms with Crippen molar-refractivity contribution in [2.24, 2.45) is 5.41 Å². The zero-order chi connectivity index (χ0) is 12.3. The largest absolute Gasteiger partial charge is 0.353 e. The zero-order valence-corrected chi connectivity index (χ0v) is 10.8. The number of rotatable bonds is 3. The topological polar surface area (TPSA) is 35.5 Å². The summed E-state index contributed by atoms with van der Waals surface area (Å²) in [4.78, 5) is 10.8. The summed E-state index contributed by atoms with van der Waals surface area (Å²) in [5, 5.41) is 0. The Balaban J connectivity index is 1.97. The van der Waals surface area contributed by atoms with Gasteiger partial charge in [0.25, 0.3) is 0 Å². The highest BCUT2D eigenvalue weighted by molar-refractivity contribution is 5.73. The quantitative estimate of drug-likeness (QED) is 0.709. The number of ether oxygens (including phenoxy) is 2. The van der Waals surface area contributed by atoms with Crippen molar-refractivity contribution < 1.29 is 14.3 Å². The summed E-state index contributed by atoms with van der Waals surface area (Å²) in [6, 6.07) is 0. The van der Waals surface area contributed by atoms with Gasteiger partial charge in [0.2, 0.25) is 0 Å². The van der Waals surface area contributed by atoms with Gasteiger partial charge in [-0.1, -0.05) is 19.9 Å². The highest BCUT2D eigenvalue weighted by Crippen LogP contribution is 2.36. The Morgan fingerprint density at radius 1 is 1.41 bits per heavy atom. The van der Waals surface area contributed by atoms with Crippen LogP contribution in [0.2, 0.25) is 0 Å². The Kier molecular flexibility index (Phi) is 4.00. The smallest absolute Gasteiger partial charge is 0.157 e. The molecule has 1 unspecified atom stereocenters. The van der Waals surface area contributed by atoms with Crippen molar-refractivity contribution in [1.82, 2.24) is 0 Å². The third-order valence-corrected chi connectivity index (χ3v) is 3.69. The average Bonchev–Trinajstić information content (AvgIpc) is 2.33. The second-order valence-electron chi connectivity index (χ2n) is 5.62. The zero-order valence-electron chi connectivity index (χ0n) is 10.8. The van der Waals surface area contributed by atoms with Gasteiger partial charge in [0.1, 0.15) is 6.29 Å². The fourth-order valence-corrected chi connectivity index (χ4v) is 2.65. The van der Waals surface area contributed by atoms with Gasteiger partial charge in [0.15, 0.2) is 6.29 Å². The molecule has 0 aromatic rings. The fourth-order valence-electron chi connectivity index (χ4n) is 2.65. The Bertz CT molecular complexity index is 301. The van der Waals surface area contributed by atoms with Crippen LogP contribution in [0.3, 0.4) is 0 Å². The van der Waals surface area contributed by atoms with E-state index in [9.17, 15) is 4.79 Å². The molecule has 0 spiro atoms. The fraction of sp³-hybridized carbons (Fsp3) is 0.786. The summed E-state index contributed by atoms with van der Waals surface area (Å²) in [5.41, 5.74) is 0.828. The molecule has 17 heavy (non-hydrogen) atoms. The molecule has 0 amide bonds. The molecule has 96 valence electrons. The maximum atomic E-state index is 10.8. The lowest BCUT2D eigenvalue weighted by atomic mass is 9.77. The van der Waals surface area contributed by atoms with E-state index in [1.54, 1.807) is 0 Å². The van der Waals surface area contributed by atoms with Crippen molar-refractivity contribution in [2.45, 2.75) is 58.3 Å². The second kappa shape index (κ2) is 5.32. The van der Waals surface area contributed by atoms with Gasteiger partial charge in [-0.2, -0.15) is 0 Å². The third kappa shape index (κ3) is 3.17. The van der Waals surface area contributed by atoms with Gasteiger partial charge < -0.3 is 9.47 Å². The molecule has 0 N–H and O–H groups in total. The van der Waals surface area contributed by atoms with Crippen LogP contribution in [0, 0.1) is 5.41 Å². The molecule has 2 atom stereocenters. The lowest BCUT2D eigenvalue weighted by molar-refractivity contribution is -0.206. The van der Waals surface area contributed by atoms with Crippen molar-refractivity contribution in [2.75, 3.05) is 6.61 Å². The van der Waals surface area contributed by atoms with E-state index in [2.05, 4.69) is 19.9 Å². The molecule has 3 nitrogen and oxygen atoms in total. The van der Waals surface area contributed by atoms with Gasteiger partial charge in [-0.3, -0.25) is 4.79 Å².